The van der Waals surface area contributed by atoms with Crippen LogP contribution in [0.15, 0.2) is 11.4 Å². The van der Waals surface area contributed by atoms with E-state index in [-0.39, 0.29) is 11.4 Å². The average Bonchev–Trinajstić information content (AvgIpc) is 2.95. The van der Waals surface area contributed by atoms with Crippen LogP contribution in [0.2, 0.25) is 0 Å². The molecule has 0 bridgehead atoms. The summed E-state index contributed by atoms with van der Waals surface area (Å²) in [5.74, 6) is -0.838. The van der Waals surface area contributed by atoms with E-state index < -0.39 is 5.97 Å². The Bertz CT molecular complexity index is 455. The van der Waals surface area contributed by atoms with Gasteiger partial charge in [-0.2, -0.15) is 0 Å². The number of aryl methyl sites for hydroxylation is 1. The van der Waals surface area contributed by atoms with E-state index in [1.165, 1.54) is 11.8 Å². The average molecular weight is 286 g/mol. The molecule has 1 aromatic heterocycles. The summed E-state index contributed by atoms with van der Waals surface area (Å²) >= 11 is 1.22. The summed E-state index contributed by atoms with van der Waals surface area (Å²) in [5.41, 5.74) is 0.545. The normalized spacial score (nSPS) is 22.8. The monoisotopic (exact) mass is 286 g/mol. The molecule has 1 atom stereocenters. The Hall–Kier alpha value is -1.05. The highest BCUT2D eigenvalue weighted by Gasteiger charge is 2.36. The van der Waals surface area contributed by atoms with Gasteiger partial charge in [-0.05, 0) is 6.92 Å². The number of carbonyl (C=O) groups is 1. The molecule has 0 saturated carbocycles. The van der Waals surface area contributed by atoms with Crippen molar-refractivity contribution in [2.45, 2.75) is 30.6 Å². The molecular formula is C12H18N2O4S. The maximum Gasteiger partial charge on any atom is 0.313 e. The predicted molar refractivity (Wildman–Crippen MR) is 70.5 cm³/mol. The van der Waals surface area contributed by atoms with E-state index in [0.29, 0.717) is 24.9 Å². The summed E-state index contributed by atoms with van der Waals surface area (Å²) in [6, 6.07) is 0. The Morgan fingerprint density at radius 3 is 3.11 bits per heavy atom. The van der Waals surface area contributed by atoms with Crippen LogP contribution in [0.5, 0.6) is 0 Å². The summed E-state index contributed by atoms with van der Waals surface area (Å²) in [6.45, 7) is 3.78. The molecule has 0 aromatic carbocycles. The molecule has 2 heterocycles. The van der Waals surface area contributed by atoms with Crippen molar-refractivity contribution in [1.82, 2.24) is 9.55 Å². The molecule has 6 nitrogen and oxygen atoms in total. The molecule has 1 fully saturated rings. The number of methoxy groups -OCH3 is 1. The number of thioether (sulfide) groups is 1. The molecule has 1 aliphatic heterocycles. The molecule has 0 spiro atoms. The Kier molecular flexibility index (Phi) is 4.49. The predicted octanol–water partition coefficient (Wildman–Crippen LogP) is 1.17. The molecule has 19 heavy (non-hydrogen) atoms. The van der Waals surface area contributed by atoms with Gasteiger partial charge in [-0.15, -0.1) is 0 Å². The summed E-state index contributed by atoms with van der Waals surface area (Å²) in [5, 5.41) is 9.46. The summed E-state index contributed by atoms with van der Waals surface area (Å²) < 4.78 is 13.0. The fourth-order valence-corrected chi connectivity index (χ4v) is 2.87. The molecule has 2 rings (SSSR count). The first-order valence-corrected chi connectivity index (χ1v) is 7.04. The zero-order valence-corrected chi connectivity index (χ0v) is 11.9. The van der Waals surface area contributed by atoms with E-state index in [4.69, 9.17) is 14.6 Å². The van der Waals surface area contributed by atoms with Gasteiger partial charge in [-0.25, -0.2) is 4.98 Å². The van der Waals surface area contributed by atoms with Gasteiger partial charge in [0.25, 0.3) is 0 Å². The third kappa shape index (κ3) is 3.49. The second-order valence-corrected chi connectivity index (χ2v) is 5.61. The highest BCUT2D eigenvalue weighted by molar-refractivity contribution is 7.99. The lowest BCUT2D eigenvalue weighted by Crippen LogP contribution is -2.37. The molecule has 1 unspecified atom stereocenters. The van der Waals surface area contributed by atoms with Gasteiger partial charge in [-0.1, -0.05) is 11.8 Å². The molecular weight excluding hydrogens is 268 g/mol. The molecule has 1 aliphatic rings. The molecule has 0 radical (unpaired) electrons. The minimum atomic E-state index is -0.845. The van der Waals surface area contributed by atoms with Crippen molar-refractivity contribution in [3.8, 4) is 0 Å². The summed E-state index contributed by atoms with van der Waals surface area (Å²) in [4.78, 5) is 15.0. The van der Waals surface area contributed by atoms with Gasteiger partial charge in [0.05, 0.1) is 24.6 Å². The lowest BCUT2D eigenvalue weighted by molar-refractivity contribution is -0.133. The Balaban J connectivity index is 2.12. The number of imidazole rings is 1. The number of rotatable bonds is 6. The zero-order valence-electron chi connectivity index (χ0n) is 11.1. The second kappa shape index (κ2) is 5.94. The van der Waals surface area contributed by atoms with Crippen LogP contribution in [-0.2, 0) is 20.8 Å². The van der Waals surface area contributed by atoms with Gasteiger partial charge < -0.3 is 19.1 Å². The fraction of sp³-hybridized carbons (Fsp3) is 0.667. The second-order valence-electron chi connectivity index (χ2n) is 4.66. The van der Waals surface area contributed by atoms with Gasteiger partial charge in [0.15, 0.2) is 5.16 Å². The summed E-state index contributed by atoms with van der Waals surface area (Å²) in [7, 11) is 1.68. The number of aliphatic carboxylic acids is 1. The summed E-state index contributed by atoms with van der Waals surface area (Å²) in [6.07, 6.45) is 2.76. The number of carboxylic acids is 1. The lowest BCUT2D eigenvalue weighted by atomic mass is 10.0. The molecule has 7 heteroatoms. The van der Waals surface area contributed by atoms with Gasteiger partial charge in [0, 0.05) is 26.3 Å². The highest BCUT2D eigenvalue weighted by atomic mass is 32.2. The van der Waals surface area contributed by atoms with Gasteiger partial charge >= 0.3 is 5.97 Å². The first-order chi connectivity index (χ1) is 9.04. The number of carboxylic acid groups (broad SMARTS) is 1. The smallest absolute Gasteiger partial charge is 0.313 e. The Morgan fingerprint density at radius 2 is 2.53 bits per heavy atom. The van der Waals surface area contributed by atoms with Gasteiger partial charge in [0.2, 0.25) is 0 Å². The van der Waals surface area contributed by atoms with Gasteiger partial charge in [0.1, 0.15) is 5.60 Å². The van der Waals surface area contributed by atoms with Crippen molar-refractivity contribution in [3.63, 3.8) is 0 Å². The maximum atomic E-state index is 10.7. The standard InChI is InChI=1S/C12H18N2O4S/c1-9-5-14(11(13-9)19-6-10(15)16)7-12(17-2)3-4-18-8-12/h5H,3-4,6-8H2,1-2H3,(H,15,16). The fourth-order valence-electron chi connectivity index (χ4n) is 2.13. The first-order valence-electron chi connectivity index (χ1n) is 6.06. The molecule has 1 saturated heterocycles. The van der Waals surface area contributed by atoms with Gasteiger partial charge in [-0.3, -0.25) is 4.79 Å². The molecule has 1 N–H and O–H groups in total. The van der Waals surface area contributed by atoms with E-state index in [9.17, 15) is 4.79 Å². The molecule has 1 aromatic rings. The van der Waals surface area contributed by atoms with Crippen LogP contribution in [0.4, 0.5) is 0 Å². The first kappa shape index (κ1) is 14.4. The highest BCUT2D eigenvalue weighted by Crippen LogP contribution is 2.27. The van der Waals surface area contributed by atoms with E-state index in [1.807, 2.05) is 17.7 Å². The van der Waals surface area contributed by atoms with Crippen LogP contribution in [-0.4, -0.2) is 52.3 Å². The van der Waals surface area contributed by atoms with Crippen LogP contribution < -0.4 is 0 Å². The molecule has 106 valence electrons. The van der Waals surface area contributed by atoms with Crippen molar-refractivity contribution in [3.05, 3.63) is 11.9 Å². The number of ether oxygens (including phenoxy) is 2. The largest absolute Gasteiger partial charge is 0.481 e. The number of hydrogen-bond donors (Lipinski definition) is 1. The number of hydrogen-bond acceptors (Lipinski definition) is 5. The van der Waals surface area contributed by atoms with E-state index in [2.05, 4.69) is 4.98 Å². The van der Waals surface area contributed by atoms with Crippen molar-refractivity contribution in [2.75, 3.05) is 26.1 Å². The van der Waals surface area contributed by atoms with Crippen molar-refractivity contribution in [2.24, 2.45) is 0 Å². The zero-order chi connectivity index (χ0) is 13.9. The molecule has 0 aliphatic carbocycles. The van der Waals surface area contributed by atoms with E-state index in [0.717, 1.165) is 12.1 Å². The lowest BCUT2D eigenvalue weighted by Gasteiger charge is -2.26. The topological polar surface area (TPSA) is 73.6 Å². The van der Waals surface area contributed by atoms with Crippen LogP contribution in [0.1, 0.15) is 12.1 Å². The number of aromatic nitrogens is 2. The van der Waals surface area contributed by atoms with Crippen LogP contribution >= 0.6 is 11.8 Å². The third-order valence-electron chi connectivity index (χ3n) is 3.14. The quantitative estimate of drug-likeness (QED) is 0.791. The Labute approximate surface area is 116 Å². The van der Waals surface area contributed by atoms with E-state index >= 15 is 0 Å². The van der Waals surface area contributed by atoms with Crippen molar-refractivity contribution in [1.29, 1.82) is 0 Å². The van der Waals surface area contributed by atoms with Crippen LogP contribution in [0.3, 0.4) is 0 Å². The third-order valence-corrected chi connectivity index (χ3v) is 4.12. The minimum absolute atomic E-state index is 0.00688. The minimum Gasteiger partial charge on any atom is -0.481 e. The number of nitrogens with zero attached hydrogens (tertiary/aromatic N) is 2. The Morgan fingerprint density at radius 1 is 1.74 bits per heavy atom. The maximum absolute atomic E-state index is 10.7. The van der Waals surface area contributed by atoms with E-state index in [1.54, 1.807) is 7.11 Å². The molecule has 0 amide bonds. The van der Waals surface area contributed by atoms with Crippen molar-refractivity contribution >= 4 is 17.7 Å². The van der Waals surface area contributed by atoms with Crippen LogP contribution in [0.25, 0.3) is 0 Å². The SMILES string of the molecule is COC1(Cn2cc(C)nc2SCC(=O)O)CCOC1. The van der Waals surface area contributed by atoms with Crippen LogP contribution in [0, 0.1) is 6.92 Å². The van der Waals surface area contributed by atoms with Crippen molar-refractivity contribution < 1.29 is 19.4 Å².